The quantitative estimate of drug-likeness (QED) is 0.215. The van der Waals surface area contributed by atoms with Crippen molar-refractivity contribution in [2.45, 2.75) is 91.4 Å². The summed E-state index contributed by atoms with van der Waals surface area (Å²) in [4.78, 5) is 0. The molecule has 1 rings (SSSR count). The van der Waals surface area contributed by atoms with Gasteiger partial charge in [-0.15, -0.1) is 15.8 Å². The van der Waals surface area contributed by atoms with Gasteiger partial charge in [0.15, 0.2) is 0 Å². The second-order valence-electron chi connectivity index (χ2n) is 7.95. The lowest BCUT2D eigenvalue weighted by atomic mass is 10.1. The molecule has 3 heteroatoms. The second kappa shape index (κ2) is 15.8. The molecule has 0 fully saturated rings. The van der Waals surface area contributed by atoms with Crippen LogP contribution in [0.5, 0.6) is 0 Å². The first kappa shape index (κ1) is 24.9. The third-order valence-corrected chi connectivity index (χ3v) is 10.7. The average Bonchev–Trinajstić information content (AvgIpc) is 2.68. The summed E-state index contributed by atoms with van der Waals surface area (Å²) in [7, 11) is 0.227. The SMILES string of the molecule is CCCCP(CCCC)Cc1cccc(N)c1CP(CCCC)CCCC. The number of nitrogen functional groups attached to an aromatic ring is 1. The third kappa shape index (κ3) is 10.3. The highest BCUT2D eigenvalue weighted by Crippen LogP contribution is 2.47. The average molecular weight is 410 g/mol. The second-order valence-corrected chi connectivity index (χ2v) is 13.1. The van der Waals surface area contributed by atoms with Gasteiger partial charge in [0.1, 0.15) is 0 Å². The third-order valence-electron chi connectivity index (χ3n) is 5.40. The van der Waals surface area contributed by atoms with E-state index >= 15 is 0 Å². The van der Waals surface area contributed by atoms with Crippen LogP contribution in [-0.4, -0.2) is 24.6 Å². The lowest BCUT2D eigenvalue weighted by Crippen LogP contribution is -2.04. The van der Waals surface area contributed by atoms with Crippen LogP contribution in [0, 0.1) is 0 Å². The molecule has 0 aliphatic carbocycles. The van der Waals surface area contributed by atoms with Crippen molar-refractivity contribution in [3.05, 3.63) is 29.3 Å². The Kier molecular flexibility index (Phi) is 14.5. The number of anilines is 1. The molecule has 1 nitrogen and oxygen atoms in total. The fourth-order valence-corrected chi connectivity index (χ4v) is 9.27. The Labute approximate surface area is 172 Å². The highest BCUT2D eigenvalue weighted by atomic mass is 31.1. The Morgan fingerprint density at radius 3 is 1.56 bits per heavy atom. The van der Waals surface area contributed by atoms with Gasteiger partial charge in [-0.05, 0) is 79.8 Å². The molecular formula is C24H45NP2. The minimum Gasteiger partial charge on any atom is -0.398 e. The molecule has 0 heterocycles. The molecule has 27 heavy (non-hydrogen) atoms. The van der Waals surface area contributed by atoms with Gasteiger partial charge in [0, 0.05) is 5.69 Å². The van der Waals surface area contributed by atoms with Gasteiger partial charge in [-0.25, -0.2) is 0 Å². The summed E-state index contributed by atoms with van der Waals surface area (Å²) >= 11 is 0. The maximum Gasteiger partial charge on any atom is 0.0353 e. The van der Waals surface area contributed by atoms with E-state index < -0.39 is 0 Å². The van der Waals surface area contributed by atoms with Crippen molar-refractivity contribution in [3.63, 3.8) is 0 Å². The minimum atomic E-state index is 0.0991. The van der Waals surface area contributed by atoms with Crippen LogP contribution in [0.2, 0.25) is 0 Å². The lowest BCUT2D eigenvalue weighted by Gasteiger charge is -2.23. The van der Waals surface area contributed by atoms with E-state index in [0.717, 1.165) is 5.69 Å². The van der Waals surface area contributed by atoms with E-state index in [9.17, 15) is 0 Å². The van der Waals surface area contributed by atoms with Crippen molar-refractivity contribution in [2.24, 2.45) is 0 Å². The van der Waals surface area contributed by atoms with Gasteiger partial charge in [-0.1, -0.05) is 65.5 Å². The summed E-state index contributed by atoms with van der Waals surface area (Å²) in [6, 6.07) is 6.74. The van der Waals surface area contributed by atoms with Crippen molar-refractivity contribution in [1.82, 2.24) is 0 Å². The van der Waals surface area contributed by atoms with Gasteiger partial charge >= 0.3 is 0 Å². The molecule has 0 bridgehead atoms. The predicted molar refractivity (Wildman–Crippen MR) is 131 cm³/mol. The van der Waals surface area contributed by atoms with Gasteiger partial charge in [0.2, 0.25) is 0 Å². The summed E-state index contributed by atoms with van der Waals surface area (Å²) in [5.74, 6) is 0. The molecule has 0 saturated heterocycles. The van der Waals surface area contributed by atoms with Crippen LogP contribution >= 0.6 is 15.8 Å². The van der Waals surface area contributed by atoms with E-state index in [2.05, 4.69) is 45.9 Å². The molecule has 0 saturated carbocycles. The Morgan fingerprint density at radius 2 is 1.11 bits per heavy atom. The van der Waals surface area contributed by atoms with Gasteiger partial charge < -0.3 is 5.73 Å². The van der Waals surface area contributed by atoms with Gasteiger partial charge in [0.25, 0.3) is 0 Å². The fraction of sp³-hybridized carbons (Fsp3) is 0.750. The smallest absolute Gasteiger partial charge is 0.0353 e. The molecule has 1 aromatic carbocycles. The number of rotatable bonds is 16. The zero-order valence-electron chi connectivity index (χ0n) is 18.6. The number of hydrogen-bond donors (Lipinski definition) is 1. The molecule has 0 atom stereocenters. The summed E-state index contributed by atoms with van der Waals surface area (Å²) in [6.45, 7) is 9.30. The van der Waals surface area contributed by atoms with E-state index in [4.69, 9.17) is 5.73 Å². The van der Waals surface area contributed by atoms with Crippen molar-refractivity contribution in [1.29, 1.82) is 0 Å². The Hall–Kier alpha value is -0.120. The molecule has 0 unspecified atom stereocenters. The molecular weight excluding hydrogens is 364 g/mol. The summed E-state index contributed by atoms with van der Waals surface area (Å²) < 4.78 is 0. The number of hydrogen-bond acceptors (Lipinski definition) is 1. The summed E-state index contributed by atoms with van der Waals surface area (Å²) in [6.07, 6.45) is 19.2. The molecule has 2 N–H and O–H groups in total. The Bertz CT molecular complexity index is 473. The molecule has 0 aromatic heterocycles. The summed E-state index contributed by atoms with van der Waals surface area (Å²) in [5.41, 5.74) is 10.7. The fourth-order valence-electron chi connectivity index (χ4n) is 3.53. The van der Waals surface area contributed by atoms with Gasteiger partial charge in [0.05, 0.1) is 0 Å². The van der Waals surface area contributed by atoms with Crippen LogP contribution in [0.25, 0.3) is 0 Å². The van der Waals surface area contributed by atoms with E-state index in [0.29, 0.717) is 0 Å². The molecule has 156 valence electrons. The molecule has 0 amide bonds. The van der Waals surface area contributed by atoms with Crippen molar-refractivity contribution >= 4 is 21.5 Å². The highest BCUT2D eigenvalue weighted by Gasteiger charge is 2.16. The normalized spacial score (nSPS) is 11.6. The van der Waals surface area contributed by atoms with Crippen LogP contribution in [0.3, 0.4) is 0 Å². The van der Waals surface area contributed by atoms with Crippen LogP contribution in [-0.2, 0) is 12.3 Å². The van der Waals surface area contributed by atoms with Crippen molar-refractivity contribution < 1.29 is 0 Å². The van der Waals surface area contributed by atoms with Crippen LogP contribution < -0.4 is 5.73 Å². The predicted octanol–water partition coefficient (Wildman–Crippen LogP) is 8.43. The molecule has 1 aromatic rings. The molecule has 0 radical (unpaired) electrons. The number of unbranched alkanes of at least 4 members (excludes halogenated alkanes) is 4. The molecule has 0 aliphatic heterocycles. The lowest BCUT2D eigenvalue weighted by molar-refractivity contribution is 0.863. The maximum absolute atomic E-state index is 6.52. The van der Waals surface area contributed by atoms with E-state index in [-0.39, 0.29) is 15.8 Å². The number of nitrogens with two attached hydrogens (primary N) is 1. The van der Waals surface area contributed by atoms with E-state index in [1.807, 2.05) is 0 Å². The van der Waals surface area contributed by atoms with Crippen LogP contribution in [0.15, 0.2) is 18.2 Å². The zero-order chi connectivity index (χ0) is 19.9. The zero-order valence-corrected chi connectivity index (χ0v) is 20.4. The summed E-state index contributed by atoms with van der Waals surface area (Å²) in [5, 5.41) is 0. The monoisotopic (exact) mass is 409 g/mol. The standard InChI is InChI=1S/C24H45NP2/c1-5-9-16-26(17-10-6-2)20-22-14-13-15-24(25)23(22)21-27(18-11-7-3)19-12-8-4/h13-15H,5-12,16-21,25H2,1-4H3. The topological polar surface area (TPSA) is 26.0 Å². The molecule has 0 spiro atoms. The largest absolute Gasteiger partial charge is 0.398 e. The highest BCUT2D eigenvalue weighted by molar-refractivity contribution is 7.57. The first-order valence-electron chi connectivity index (χ1n) is 11.5. The Morgan fingerprint density at radius 1 is 0.667 bits per heavy atom. The van der Waals surface area contributed by atoms with Crippen molar-refractivity contribution in [3.8, 4) is 0 Å². The molecule has 0 aliphatic rings. The van der Waals surface area contributed by atoms with Crippen LogP contribution in [0.4, 0.5) is 5.69 Å². The van der Waals surface area contributed by atoms with Crippen molar-refractivity contribution in [2.75, 3.05) is 30.4 Å². The first-order chi connectivity index (χ1) is 13.2. The first-order valence-corrected chi connectivity index (χ1v) is 15.3. The number of benzene rings is 1. The van der Waals surface area contributed by atoms with Gasteiger partial charge in [-0.3, -0.25) is 0 Å². The van der Waals surface area contributed by atoms with Crippen LogP contribution in [0.1, 0.15) is 90.2 Å². The minimum absolute atomic E-state index is 0.0991. The van der Waals surface area contributed by atoms with Gasteiger partial charge in [-0.2, -0.15) is 0 Å². The van der Waals surface area contributed by atoms with E-state index in [1.165, 1.54) is 93.9 Å². The Balaban J connectivity index is 2.91. The maximum atomic E-state index is 6.52. The van der Waals surface area contributed by atoms with E-state index in [1.54, 1.807) is 5.56 Å².